The molecule has 1 unspecified atom stereocenters. The Kier molecular flexibility index (Phi) is 3.45. The summed E-state index contributed by atoms with van der Waals surface area (Å²) in [4.78, 5) is 1.55. The summed E-state index contributed by atoms with van der Waals surface area (Å²) in [5.74, 6) is 0. The Bertz CT molecular complexity index is 751. The number of aliphatic hydroxyl groups is 1. The van der Waals surface area contributed by atoms with Crippen LogP contribution in [0.1, 0.15) is 12.0 Å². The van der Waals surface area contributed by atoms with Crippen molar-refractivity contribution in [2.75, 3.05) is 11.4 Å². The fourth-order valence-electron chi connectivity index (χ4n) is 2.82. The molecule has 0 aliphatic carbocycles. The minimum Gasteiger partial charge on any atom is -0.382 e. The minimum atomic E-state index is -4.62. The number of hydrogen-bond acceptors (Lipinski definition) is 3. The van der Waals surface area contributed by atoms with E-state index in [0.29, 0.717) is 24.2 Å². The van der Waals surface area contributed by atoms with Crippen LogP contribution in [0.5, 0.6) is 0 Å². The number of aliphatic hydroxyl groups excluding tert-OH is 1. The van der Waals surface area contributed by atoms with Gasteiger partial charge in [0.05, 0.1) is 17.7 Å². The zero-order valence-electron chi connectivity index (χ0n) is 11.5. The summed E-state index contributed by atoms with van der Waals surface area (Å²) in [6, 6.07) is 11.6. The highest BCUT2D eigenvalue weighted by molar-refractivity contribution is 5.90. The number of nitriles is 1. The Morgan fingerprint density at radius 1 is 1.27 bits per heavy atom. The van der Waals surface area contributed by atoms with E-state index in [4.69, 9.17) is 5.26 Å². The zero-order chi connectivity index (χ0) is 15.9. The molecule has 0 spiro atoms. The van der Waals surface area contributed by atoms with Crippen LogP contribution in [-0.2, 0) is 0 Å². The monoisotopic (exact) mass is 306 g/mol. The Labute approximate surface area is 125 Å². The molecule has 0 amide bonds. The zero-order valence-corrected chi connectivity index (χ0v) is 11.5. The van der Waals surface area contributed by atoms with E-state index in [9.17, 15) is 18.3 Å². The van der Waals surface area contributed by atoms with E-state index >= 15 is 0 Å². The lowest BCUT2D eigenvalue weighted by Crippen LogP contribution is -2.58. The van der Waals surface area contributed by atoms with E-state index in [0.717, 1.165) is 10.8 Å². The van der Waals surface area contributed by atoms with Crippen LogP contribution in [0.2, 0.25) is 0 Å². The summed E-state index contributed by atoms with van der Waals surface area (Å²) in [6.07, 6.45) is -6.66. The Morgan fingerprint density at radius 3 is 2.64 bits per heavy atom. The first-order chi connectivity index (χ1) is 10.4. The van der Waals surface area contributed by atoms with E-state index in [2.05, 4.69) is 6.07 Å². The van der Waals surface area contributed by atoms with Gasteiger partial charge in [-0.2, -0.15) is 18.4 Å². The van der Waals surface area contributed by atoms with E-state index in [1.165, 1.54) is 0 Å². The van der Waals surface area contributed by atoms with Crippen LogP contribution >= 0.6 is 0 Å². The van der Waals surface area contributed by atoms with E-state index in [1.807, 2.05) is 6.07 Å². The van der Waals surface area contributed by atoms with Crippen molar-refractivity contribution in [2.45, 2.75) is 24.7 Å². The van der Waals surface area contributed by atoms with Crippen LogP contribution in [0, 0.1) is 11.3 Å². The Hall–Kier alpha value is -2.26. The molecule has 1 saturated heterocycles. The molecule has 2 atom stereocenters. The van der Waals surface area contributed by atoms with Gasteiger partial charge in [0.15, 0.2) is 6.10 Å². The van der Waals surface area contributed by atoms with Gasteiger partial charge in [-0.15, -0.1) is 0 Å². The van der Waals surface area contributed by atoms with Crippen LogP contribution in [0.15, 0.2) is 36.4 Å². The smallest absolute Gasteiger partial charge is 0.382 e. The number of alkyl halides is 3. The normalized spacial score (nSPS) is 19.6. The second-order valence-electron chi connectivity index (χ2n) is 5.36. The number of hydrogen-bond donors (Lipinski definition) is 1. The van der Waals surface area contributed by atoms with Crippen molar-refractivity contribution in [2.24, 2.45) is 0 Å². The fraction of sp³-hybridized carbons (Fsp3) is 0.312. The van der Waals surface area contributed by atoms with Crippen LogP contribution in [0.3, 0.4) is 0 Å². The summed E-state index contributed by atoms with van der Waals surface area (Å²) in [5.41, 5.74) is 1.15. The van der Waals surface area contributed by atoms with Gasteiger partial charge in [-0.05, 0) is 35.4 Å². The first-order valence-electron chi connectivity index (χ1n) is 6.86. The van der Waals surface area contributed by atoms with Crippen LogP contribution in [0.4, 0.5) is 18.9 Å². The maximum absolute atomic E-state index is 12.6. The quantitative estimate of drug-likeness (QED) is 0.927. The lowest BCUT2D eigenvalue weighted by Gasteiger charge is -2.45. The molecule has 0 bridgehead atoms. The standard InChI is InChI=1S/C16H13F3N2O/c17-16(18,19)15(22)14-6-7-21(14)12-4-5-13-10(8-12)2-1-3-11(13)9-20/h1-5,8,14-15,22H,6-7H2/t14?,15-/m1/s1. The molecule has 22 heavy (non-hydrogen) atoms. The summed E-state index contributed by atoms with van der Waals surface area (Å²) < 4.78 is 37.9. The van der Waals surface area contributed by atoms with Crippen molar-refractivity contribution < 1.29 is 18.3 Å². The lowest BCUT2D eigenvalue weighted by molar-refractivity contribution is -0.213. The number of anilines is 1. The van der Waals surface area contributed by atoms with Gasteiger partial charge in [0.1, 0.15) is 0 Å². The first-order valence-corrected chi connectivity index (χ1v) is 6.86. The van der Waals surface area contributed by atoms with Crippen molar-refractivity contribution in [3.05, 3.63) is 42.0 Å². The molecule has 114 valence electrons. The van der Waals surface area contributed by atoms with Gasteiger partial charge < -0.3 is 10.0 Å². The molecule has 1 fully saturated rings. The topological polar surface area (TPSA) is 47.3 Å². The molecular formula is C16H13F3N2O. The maximum atomic E-state index is 12.6. The SMILES string of the molecule is N#Cc1cccc2cc(N3CCC3[C@@H](O)C(F)(F)F)ccc12. The predicted molar refractivity (Wildman–Crippen MR) is 76.5 cm³/mol. The fourth-order valence-corrected chi connectivity index (χ4v) is 2.82. The predicted octanol–water partition coefficient (Wildman–Crippen LogP) is 3.21. The van der Waals surface area contributed by atoms with E-state index in [-0.39, 0.29) is 0 Å². The summed E-state index contributed by atoms with van der Waals surface area (Å²) in [7, 11) is 0. The average Bonchev–Trinajstić information content (AvgIpc) is 2.44. The second kappa shape index (κ2) is 5.18. The number of fused-ring (bicyclic) bond motifs is 1. The van der Waals surface area contributed by atoms with Crippen LogP contribution in [0.25, 0.3) is 10.8 Å². The molecule has 1 N–H and O–H groups in total. The highest BCUT2D eigenvalue weighted by Crippen LogP contribution is 2.36. The van der Waals surface area contributed by atoms with Crippen molar-refractivity contribution in [3.8, 4) is 6.07 Å². The molecule has 0 saturated carbocycles. The Morgan fingerprint density at radius 2 is 2.05 bits per heavy atom. The molecule has 3 nitrogen and oxygen atoms in total. The Balaban J connectivity index is 1.93. The average molecular weight is 306 g/mol. The van der Waals surface area contributed by atoms with Crippen molar-refractivity contribution in [1.82, 2.24) is 0 Å². The largest absolute Gasteiger partial charge is 0.416 e. The van der Waals surface area contributed by atoms with Crippen LogP contribution < -0.4 is 4.90 Å². The molecule has 6 heteroatoms. The van der Waals surface area contributed by atoms with E-state index in [1.54, 1.807) is 35.2 Å². The van der Waals surface area contributed by atoms with Gasteiger partial charge in [0.25, 0.3) is 0 Å². The van der Waals surface area contributed by atoms with Gasteiger partial charge in [-0.1, -0.05) is 18.2 Å². The van der Waals surface area contributed by atoms with Crippen molar-refractivity contribution in [1.29, 1.82) is 5.26 Å². The highest BCUT2D eigenvalue weighted by Gasteiger charge is 2.48. The maximum Gasteiger partial charge on any atom is 0.416 e. The third-order valence-electron chi connectivity index (χ3n) is 4.08. The minimum absolute atomic E-state index is 0.303. The number of nitrogens with zero attached hydrogens (tertiary/aromatic N) is 2. The number of benzene rings is 2. The molecule has 1 aliphatic heterocycles. The molecule has 3 rings (SSSR count). The van der Waals surface area contributed by atoms with Crippen molar-refractivity contribution in [3.63, 3.8) is 0 Å². The molecule has 0 aromatic heterocycles. The summed E-state index contributed by atoms with van der Waals surface area (Å²) >= 11 is 0. The van der Waals surface area contributed by atoms with Gasteiger partial charge in [-0.25, -0.2) is 0 Å². The molecule has 0 radical (unpaired) electrons. The van der Waals surface area contributed by atoms with E-state index < -0.39 is 18.3 Å². The number of halogens is 3. The highest BCUT2D eigenvalue weighted by atomic mass is 19.4. The third-order valence-corrected chi connectivity index (χ3v) is 4.08. The second-order valence-corrected chi connectivity index (χ2v) is 5.36. The number of rotatable bonds is 2. The first kappa shape index (κ1) is 14.7. The molecule has 1 heterocycles. The lowest BCUT2D eigenvalue weighted by atomic mass is 9.94. The molecule has 1 aliphatic rings. The molecular weight excluding hydrogens is 293 g/mol. The third kappa shape index (κ3) is 2.38. The summed E-state index contributed by atoms with van der Waals surface area (Å²) in [5, 5.41) is 20.0. The molecule has 2 aromatic rings. The van der Waals surface area contributed by atoms with Gasteiger partial charge in [-0.3, -0.25) is 0 Å². The summed E-state index contributed by atoms with van der Waals surface area (Å²) in [6.45, 7) is 0.473. The van der Waals surface area contributed by atoms with Gasteiger partial charge >= 0.3 is 6.18 Å². The van der Waals surface area contributed by atoms with Crippen LogP contribution in [-0.4, -0.2) is 30.0 Å². The van der Waals surface area contributed by atoms with Crippen molar-refractivity contribution >= 4 is 16.5 Å². The molecule has 2 aromatic carbocycles. The van der Waals surface area contributed by atoms with Gasteiger partial charge in [0.2, 0.25) is 0 Å². The van der Waals surface area contributed by atoms with Gasteiger partial charge in [0, 0.05) is 12.2 Å².